The summed E-state index contributed by atoms with van der Waals surface area (Å²) in [5.41, 5.74) is 7.48. The smallest absolute Gasteiger partial charge is 0.242 e. The Morgan fingerprint density at radius 2 is 1.86 bits per heavy atom. The van der Waals surface area contributed by atoms with Crippen molar-refractivity contribution < 1.29 is 9.47 Å². The molecule has 3 aromatic rings. The molecular weight excluding hydrogens is 266 g/mol. The van der Waals surface area contributed by atoms with Gasteiger partial charge in [-0.3, -0.25) is 4.40 Å². The van der Waals surface area contributed by atoms with Gasteiger partial charge in [0.15, 0.2) is 0 Å². The summed E-state index contributed by atoms with van der Waals surface area (Å²) in [5.74, 6) is 2.06. The fourth-order valence-corrected chi connectivity index (χ4v) is 2.17. The van der Waals surface area contributed by atoms with E-state index in [-0.39, 0.29) is 0 Å². The molecule has 5 heteroatoms. The summed E-state index contributed by atoms with van der Waals surface area (Å²) >= 11 is 0. The Kier molecular flexibility index (Phi) is 3.75. The number of benzene rings is 1. The van der Waals surface area contributed by atoms with Crippen LogP contribution in [0.15, 0.2) is 48.7 Å². The van der Waals surface area contributed by atoms with Crippen LogP contribution in [0.25, 0.3) is 5.65 Å². The Labute approximate surface area is 122 Å². The van der Waals surface area contributed by atoms with Crippen LogP contribution in [0.1, 0.15) is 12.6 Å². The van der Waals surface area contributed by atoms with Crippen LogP contribution in [0.4, 0.5) is 0 Å². The maximum absolute atomic E-state index is 5.85. The van der Waals surface area contributed by atoms with Gasteiger partial charge >= 0.3 is 0 Å². The SMILES string of the molecule is CCOc1ccc(Oc2nc3ccccn3c2CN)cc1. The average Bonchev–Trinajstić information content (AvgIpc) is 2.86. The number of aromatic nitrogens is 2. The quantitative estimate of drug-likeness (QED) is 0.782. The Morgan fingerprint density at radius 3 is 2.57 bits per heavy atom. The predicted octanol–water partition coefficient (Wildman–Crippen LogP) is 2.98. The second-order valence-corrected chi connectivity index (χ2v) is 4.50. The molecule has 0 radical (unpaired) electrons. The highest BCUT2D eigenvalue weighted by Crippen LogP contribution is 2.27. The van der Waals surface area contributed by atoms with Crippen molar-refractivity contribution in [1.29, 1.82) is 0 Å². The van der Waals surface area contributed by atoms with Gasteiger partial charge in [-0.1, -0.05) is 6.07 Å². The second-order valence-electron chi connectivity index (χ2n) is 4.50. The van der Waals surface area contributed by atoms with Gasteiger partial charge in [0.05, 0.1) is 6.61 Å². The third-order valence-corrected chi connectivity index (χ3v) is 3.13. The first-order chi connectivity index (χ1) is 10.3. The molecule has 0 fully saturated rings. The van der Waals surface area contributed by atoms with Crippen molar-refractivity contribution in [2.24, 2.45) is 5.73 Å². The molecule has 0 aliphatic carbocycles. The standard InChI is InChI=1S/C16H17N3O2/c1-2-20-12-6-8-13(9-7-12)21-16-14(11-17)19-10-4-3-5-15(19)18-16/h3-10H,2,11,17H2,1H3. The van der Waals surface area contributed by atoms with Crippen molar-refractivity contribution in [3.05, 3.63) is 54.4 Å². The van der Waals surface area contributed by atoms with Crippen LogP contribution in [-0.2, 0) is 6.54 Å². The van der Waals surface area contributed by atoms with Crippen molar-refractivity contribution >= 4 is 5.65 Å². The molecule has 5 nitrogen and oxygen atoms in total. The molecule has 3 rings (SSSR count). The summed E-state index contributed by atoms with van der Waals surface area (Å²) in [4.78, 5) is 4.47. The molecule has 2 aromatic heterocycles. The van der Waals surface area contributed by atoms with E-state index in [2.05, 4.69) is 4.98 Å². The van der Waals surface area contributed by atoms with Crippen molar-refractivity contribution in [3.63, 3.8) is 0 Å². The molecule has 108 valence electrons. The summed E-state index contributed by atoms with van der Waals surface area (Å²) in [6.45, 7) is 2.95. The monoisotopic (exact) mass is 283 g/mol. The normalized spacial score (nSPS) is 10.8. The number of hydrogen-bond donors (Lipinski definition) is 1. The van der Waals surface area contributed by atoms with Gasteiger partial charge in [-0.15, -0.1) is 0 Å². The first kappa shape index (κ1) is 13.5. The lowest BCUT2D eigenvalue weighted by molar-refractivity contribution is 0.339. The van der Waals surface area contributed by atoms with Crippen molar-refractivity contribution in [2.75, 3.05) is 6.61 Å². The van der Waals surface area contributed by atoms with E-state index in [1.54, 1.807) is 0 Å². The lowest BCUT2D eigenvalue weighted by Crippen LogP contribution is -2.02. The average molecular weight is 283 g/mol. The third-order valence-electron chi connectivity index (χ3n) is 3.13. The van der Waals surface area contributed by atoms with Gasteiger partial charge in [0.1, 0.15) is 22.8 Å². The molecule has 0 aliphatic heterocycles. The molecule has 0 saturated heterocycles. The lowest BCUT2D eigenvalue weighted by Gasteiger charge is -2.06. The van der Waals surface area contributed by atoms with E-state index in [1.165, 1.54) is 0 Å². The summed E-state index contributed by atoms with van der Waals surface area (Å²) in [6, 6.07) is 13.3. The molecule has 0 spiro atoms. The fourth-order valence-electron chi connectivity index (χ4n) is 2.17. The van der Waals surface area contributed by atoms with Crippen molar-refractivity contribution in [2.45, 2.75) is 13.5 Å². The first-order valence-corrected chi connectivity index (χ1v) is 6.88. The van der Waals surface area contributed by atoms with Gasteiger partial charge in [-0.05, 0) is 43.3 Å². The van der Waals surface area contributed by atoms with Gasteiger partial charge in [0.2, 0.25) is 5.88 Å². The zero-order valence-corrected chi connectivity index (χ0v) is 11.8. The Hall–Kier alpha value is -2.53. The Bertz CT molecular complexity index is 735. The zero-order valence-electron chi connectivity index (χ0n) is 11.8. The molecule has 0 atom stereocenters. The van der Waals surface area contributed by atoms with E-state index in [0.717, 1.165) is 17.1 Å². The highest BCUT2D eigenvalue weighted by molar-refractivity contribution is 5.47. The van der Waals surface area contributed by atoms with Crippen LogP contribution in [0.3, 0.4) is 0 Å². The number of fused-ring (bicyclic) bond motifs is 1. The Morgan fingerprint density at radius 1 is 1.10 bits per heavy atom. The van der Waals surface area contributed by atoms with Gasteiger partial charge < -0.3 is 15.2 Å². The summed E-state index contributed by atoms with van der Waals surface area (Å²) in [7, 11) is 0. The van der Waals surface area contributed by atoms with E-state index in [0.29, 0.717) is 24.8 Å². The van der Waals surface area contributed by atoms with Crippen molar-refractivity contribution in [1.82, 2.24) is 9.38 Å². The maximum Gasteiger partial charge on any atom is 0.242 e. The van der Waals surface area contributed by atoms with Gasteiger partial charge in [0, 0.05) is 12.7 Å². The molecule has 0 saturated carbocycles. The number of nitrogens with two attached hydrogens (primary N) is 1. The number of pyridine rings is 1. The predicted molar refractivity (Wildman–Crippen MR) is 80.8 cm³/mol. The van der Waals surface area contributed by atoms with E-state index in [4.69, 9.17) is 15.2 Å². The fraction of sp³-hybridized carbons (Fsp3) is 0.188. The minimum absolute atomic E-state index is 0.359. The molecule has 1 aromatic carbocycles. The number of imidazole rings is 1. The van der Waals surface area contributed by atoms with Crippen LogP contribution in [0, 0.1) is 0 Å². The largest absolute Gasteiger partial charge is 0.494 e. The van der Waals surface area contributed by atoms with Crippen LogP contribution in [0.5, 0.6) is 17.4 Å². The lowest BCUT2D eigenvalue weighted by atomic mass is 10.3. The third kappa shape index (κ3) is 2.68. The number of nitrogens with zero attached hydrogens (tertiary/aromatic N) is 2. The summed E-state index contributed by atoms with van der Waals surface area (Å²) in [5, 5.41) is 0. The minimum atomic E-state index is 0.359. The summed E-state index contributed by atoms with van der Waals surface area (Å²) in [6.07, 6.45) is 1.93. The number of hydrogen-bond acceptors (Lipinski definition) is 4. The molecule has 0 bridgehead atoms. The second kappa shape index (κ2) is 5.85. The summed E-state index contributed by atoms with van der Waals surface area (Å²) < 4.78 is 13.2. The molecule has 21 heavy (non-hydrogen) atoms. The van der Waals surface area contributed by atoms with E-state index >= 15 is 0 Å². The highest BCUT2D eigenvalue weighted by Gasteiger charge is 2.12. The molecule has 0 aliphatic rings. The highest BCUT2D eigenvalue weighted by atomic mass is 16.5. The maximum atomic E-state index is 5.85. The minimum Gasteiger partial charge on any atom is -0.494 e. The van der Waals surface area contributed by atoms with E-state index in [9.17, 15) is 0 Å². The topological polar surface area (TPSA) is 61.8 Å². The Balaban J connectivity index is 1.90. The van der Waals surface area contributed by atoms with E-state index in [1.807, 2.05) is 60.0 Å². The van der Waals surface area contributed by atoms with Crippen LogP contribution >= 0.6 is 0 Å². The number of ether oxygens (including phenoxy) is 2. The molecule has 0 amide bonds. The van der Waals surface area contributed by atoms with Gasteiger partial charge in [0.25, 0.3) is 0 Å². The van der Waals surface area contributed by atoms with Crippen LogP contribution in [0.2, 0.25) is 0 Å². The first-order valence-electron chi connectivity index (χ1n) is 6.88. The zero-order chi connectivity index (χ0) is 14.7. The molecule has 2 N–H and O–H groups in total. The molecule has 0 unspecified atom stereocenters. The van der Waals surface area contributed by atoms with E-state index < -0.39 is 0 Å². The van der Waals surface area contributed by atoms with Crippen LogP contribution < -0.4 is 15.2 Å². The van der Waals surface area contributed by atoms with Crippen LogP contribution in [-0.4, -0.2) is 16.0 Å². The van der Waals surface area contributed by atoms with Gasteiger partial charge in [-0.2, -0.15) is 4.98 Å². The number of rotatable bonds is 5. The van der Waals surface area contributed by atoms with Crippen molar-refractivity contribution in [3.8, 4) is 17.4 Å². The molecular formula is C16H17N3O2. The molecule has 2 heterocycles. The van der Waals surface area contributed by atoms with Gasteiger partial charge in [-0.25, -0.2) is 0 Å².